The number of nitrogens with zero attached hydrogens (tertiary/aromatic N) is 2. The summed E-state index contributed by atoms with van der Waals surface area (Å²) in [7, 11) is 0. The maximum atomic E-state index is 12.2. The van der Waals surface area contributed by atoms with Gasteiger partial charge in [-0.25, -0.2) is 9.97 Å². The summed E-state index contributed by atoms with van der Waals surface area (Å²) in [5.74, 6) is -0.0811. The summed E-state index contributed by atoms with van der Waals surface area (Å²) >= 11 is 0. The number of aryl methyl sites for hydroxylation is 1. The summed E-state index contributed by atoms with van der Waals surface area (Å²) in [6.07, 6.45) is 3.32. The number of benzene rings is 1. The van der Waals surface area contributed by atoms with E-state index in [2.05, 4.69) is 36.1 Å². The smallest absolute Gasteiger partial charge is 0.251 e. The molecule has 2 rings (SSSR count). The van der Waals surface area contributed by atoms with Gasteiger partial charge in [0.25, 0.3) is 5.91 Å². The Bertz CT molecular complexity index is 644. The van der Waals surface area contributed by atoms with Crippen molar-refractivity contribution < 1.29 is 4.79 Å². The summed E-state index contributed by atoms with van der Waals surface area (Å²) in [5.41, 5.74) is 3.57. The van der Waals surface area contributed by atoms with Crippen molar-refractivity contribution >= 4 is 5.91 Å². The molecule has 21 heavy (non-hydrogen) atoms. The molecule has 1 aromatic heterocycles. The highest BCUT2D eigenvalue weighted by molar-refractivity contribution is 5.94. The molecule has 4 heteroatoms. The average molecular weight is 283 g/mol. The van der Waals surface area contributed by atoms with Crippen LogP contribution in [0.1, 0.15) is 48.0 Å². The van der Waals surface area contributed by atoms with Crippen LogP contribution in [-0.2, 0) is 12.0 Å². The number of amides is 1. The molecule has 0 saturated carbocycles. The standard InChI is InChI=1S/C17H21N3O/c1-12-6-5-7-13(8-12)16(21)19-10-14-9-18-11-20-15(14)17(2,3)4/h5-9,11H,10H2,1-4H3,(H,19,21). The third kappa shape index (κ3) is 3.88. The zero-order valence-corrected chi connectivity index (χ0v) is 13.0. The van der Waals surface area contributed by atoms with E-state index >= 15 is 0 Å². The monoisotopic (exact) mass is 283 g/mol. The molecule has 0 aliphatic rings. The highest BCUT2D eigenvalue weighted by Gasteiger charge is 2.19. The second kappa shape index (κ2) is 6.04. The molecule has 0 radical (unpaired) electrons. The molecule has 0 bridgehead atoms. The molecular weight excluding hydrogens is 262 g/mol. The number of carbonyl (C=O) groups excluding carboxylic acids is 1. The van der Waals surface area contributed by atoms with Crippen molar-refractivity contribution in [2.24, 2.45) is 0 Å². The lowest BCUT2D eigenvalue weighted by Crippen LogP contribution is -2.26. The third-order valence-electron chi connectivity index (χ3n) is 3.22. The SMILES string of the molecule is Cc1cccc(C(=O)NCc2cncnc2C(C)(C)C)c1. The fourth-order valence-corrected chi connectivity index (χ4v) is 2.23. The Morgan fingerprint density at radius 1 is 1.29 bits per heavy atom. The first-order valence-corrected chi connectivity index (χ1v) is 7.02. The van der Waals surface area contributed by atoms with Gasteiger partial charge in [-0.1, -0.05) is 38.5 Å². The summed E-state index contributed by atoms with van der Waals surface area (Å²) in [4.78, 5) is 20.6. The van der Waals surface area contributed by atoms with Crippen LogP contribution in [-0.4, -0.2) is 15.9 Å². The van der Waals surface area contributed by atoms with Crippen LogP contribution in [0.2, 0.25) is 0 Å². The lowest BCUT2D eigenvalue weighted by Gasteiger charge is -2.21. The number of aromatic nitrogens is 2. The quantitative estimate of drug-likeness (QED) is 0.942. The minimum absolute atomic E-state index is 0.0770. The van der Waals surface area contributed by atoms with Gasteiger partial charge in [-0.2, -0.15) is 0 Å². The molecule has 0 fully saturated rings. The highest BCUT2D eigenvalue weighted by Crippen LogP contribution is 2.22. The van der Waals surface area contributed by atoms with E-state index in [9.17, 15) is 4.79 Å². The van der Waals surface area contributed by atoms with Crippen LogP contribution in [0.5, 0.6) is 0 Å². The van der Waals surface area contributed by atoms with Gasteiger partial charge >= 0.3 is 0 Å². The van der Waals surface area contributed by atoms with E-state index < -0.39 is 0 Å². The van der Waals surface area contributed by atoms with Gasteiger partial charge in [-0.3, -0.25) is 4.79 Å². The fraction of sp³-hybridized carbons (Fsp3) is 0.353. The molecule has 110 valence electrons. The normalized spacial score (nSPS) is 11.2. The number of hydrogen-bond donors (Lipinski definition) is 1. The first kappa shape index (κ1) is 15.2. The Labute approximate surface area is 125 Å². The van der Waals surface area contributed by atoms with Gasteiger partial charge in [0.1, 0.15) is 6.33 Å². The topological polar surface area (TPSA) is 54.9 Å². The Balaban J connectivity index is 2.12. The molecule has 0 spiro atoms. The summed E-state index contributed by atoms with van der Waals surface area (Å²) < 4.78 is 0. The molecule has 1 N–H and O–H groups in total. The molecule has 1 heterocycles. The molecule has 0 aliphatic carbocycles. The zero-order valence-electron chi connectivity index (χ0n) is 13.0. The number of carbonyl (C=O) groups is 1. The molecule has 2 aromatic rings. The van der Waals surface area contributed by atoms with Crippen LogP contribution >= 0.6 is 0 Å². The summed E-state index contributed by atoms with van der Waals surface area (Å²) in [6, 6.07) is 7.55. The number of rotatable bonds is 3. The van der Waals surface area contributed by atoms with Crippen molar-refractivity contribution in [2.75, 3.05) is 0 Å². The molecular formula is C17H21N3O. The second-order valence-electron chi connectivity index (χ2n) is 6.20. The predicted molar refractivity (Wildman–Crippen MR) is 83.1 cm³/mol. The predicted octanol–water partition coefficient (Wildman–Crippen LogP) is 3.01. The Morgan fingerprint density at radius 3 is 2.71 bits per heavy atom. The van der Waals surface area contributed by atoms with Gasteiger partial charge in [0.05, 0.1) is 5.69 Å². The van der Waals surface area contributed by atoms with Gasteiger partial charge in [0.2, 0.25) is 0 Å². The number of nitrogens with one attached hydrogen (secondary N) is 1. The molecule has 0 atom stereocenters. The van der Waals surface area contributed by atoms with Crippen LogP contribution < -0.4 is 5.32 Å². The maximum absolute atomic E-state index is 12.2. The summed E-state index contributed by atoms with van der Waals surface area (Å²) in [5, 5.41) is 2.94. The van der Waals surface area contributed by atoms with Crippen molar-refractivity contribution in [2.45, 2.75) is 39.7 Å². The fourth-order valence-electron chi connectivity index (χ4n) is 2.23. The molecule has 0 unspecified atom stereocenters. The van der Waals surface area contributed by atoms with Gasteiger partial charge in [0.15, 0.2) is 0 Å². The van der Waals surface area contributed by atoms with Gasteiger partial charge in [-0.15, -0.1) is 0 Å². The van der Waals surface area contributed by atoms with E-state index in [4.69, 9.17) is 0 Å². The maximum Gasteiger partial charge on any atom is 0.251 e. The average Bonchev–Trinajstić information content (AvgIpc) is 2.44. The molecule has 0 aliphatic heterocycles. The van der Waals surface area contributed by atoms with Gasteiger partial charge < -0.3 is 5.32 Å². The van der Waals surface area contributed by atoms with Crippen LogP contribution in [0.4, 0.5) is 0 Å². The van der Waals surface area contributed by atoms with Gasteiger partial charge in [0, 0.05) is 29.3 Å². The van der Waals surface area contributed by atoms with Crippen LogP contribution in [0.3, 0.4) is 0 Å². The highest BCUT2D eigenvalue weighted by atomic mass is 16.1. The zero-order chi connectivity index (χ0) is 15.5. The van der Waals surface area contributed by atoms with E-state index in [1.165, 1.54) is 0 Å². The Kier molecular flexibility index (Phi) is 4.36. The van der Waals surface area contributed by atoms with Crippen molar-refractivity contribution in [1.82, 2.24) is 15.3 Å². The van der Waals surface area contributed by atoms with Crippen molar-refractivity contribution in [3.05, 3.63) is 59.2 Å². The lowest BCUT2D eigenvalue weighted by molar-refractivity contribution is 0.0950. The van der Waals surface area contributed by atoms with Crippen molar-refractivity contribution in [1.29, 1.82) is 0 Å². The van der Waals surface area contributed by atoms with E-state index in [1.54, 1.807) is 12.5 Å². The van der Waals surface area contributed by atoms with E-state index in [0.717, 1.165) is 16.8 Å². The second-order valence-corrected chi connectivity index (χ2v) is 6.20. The largest absolute Gasteiger partial charge is 0.348 e. The van der Waals surface area contributed by atoms with E-state index in [-0.39, 0.29) is 11.3 Å². The van der Waals surface area contributed by atoms with Crippen LogP contribution in [0.25, 0.3) is 0 Å². The van der Waals surface area contributed by atoms with Crippen LogP contribution in [0, 0.1) is 6.92 Å². The van der Waals surface area contributed by atoms with Gasteiger partial charge in [-0.05, 0) is 19.1 Å². The number of hydrogen-bond acceptors (Lipinski definition) is 3. The third-order valence-corrected chi connectivity index (χ3v) is 3.22. The molecule has 4 nitrogen and oxygen atoms in total. The Hall–Kier alpha value is -2.23. The minimum Gasteiger partial charge on any atom is -0.348 e. The van der Waals surface area contributed by atoms with E-state index in [0.29, 0.717) is 12.1 Å². The molecule has 1 amide bonds. The van der Waals surface area contributed by atoms with Crippen LogP contribution in [0.15, 0.2) is 36.8 Å². The van der Waals surface area contributed by atoms with E-state index in [1.807, 2.05) is 31.2 Å². The van der Waals surface area contributed by atoms with Crippen molar-refractivity contribution in [3.8, 4) is 0 Å². The lowest BCUT2D eigenvalue weighted by atomic mass is 9.89. The first-order valence-electron chi connectivity index (χ1n) is 7.02. The molecule has 0 saturated heterocycles. The Morgan fingerprint density at radius 2 is 2.05 bits per heavy atom. The molecule has 1 aromatic carbocycles. The minimum atomic E-state index is -0.0811. The van der Waals surface area contributed by atoms with Crippen molar-refractivity contribution in [3.63, 3.8) is 0 Å². The first-order chi connectivity index (χ1) is 9.88. The summed E-state index contributed by atoms with van der Waals surface area (Å²) in [6.45, 7) is 8.70.